The molecule has 1 aliphatic heterocycles. The molecule has 0 saturated carbocycles. The molecular formula is C11H11NO6. The molecule has 96 valence electrons. The Morgan fingerprint density at radius 1 is 1.50 bits per heavy atom. The van der Waals surface area contributed by atoms with Crippen molar-refractivity contribution in [1.29, 1.82) is 0 Å². The number of rotatable bonds is 6. The van der Waals surface area contributed by atoms with E-state index in [9.17, 15) is 14.9 Å². The van der Waals surface area contributed by atoms with Gasteiger partial charge in [0, 0.05) is 18.6 Å². The summed E-state index contributed by atoms with van der Waals surface area (Å²) in [4.78, 5) is 20.7. The molecule has 0 radical (unpaired) electrons. The van der Waals surface area contributed by atoms with Crippen LogP contribution in [0.4, 0.5) is 5.69 Å². The molecule has 0 aliphatic carbocycles. The van der Waals surface area contributed by atoms with Crippen LogP contribution in [0, 0.1) is 10.1 Å². The van der Waals surface area contributed by atoms with Crippen LogP contribution in [0.25, 0.3) is 0 Å². The molecular weight excluding hydrogens is 242 g/mol. The van der Waals surface area contributed by atoms with E-state index in [-0.39, 0.29) is 25.3 Å². The highest BCUT2D eigenvalue weighted by molar-refractivity contribution is 5.80. The second kappa shape index (κ2) is 4.61. The number of nitrogens with zero attached hydrogens (tertiary/aromatic N) is 1. The van der Waals surface area contributed by atoms with Gasteiger partial charge < -0.3 is 14.6 Å². The molecule has 1 atom stereocenters. The van der Waals surface area contributed by atoms with E-state index in [0.717, 1.165) is 0 Å². The topological polar surface area (TPSA) is 102 Å². The number of ether oxygens (including phenoxy) is 2. The number of nitro benzene ring substituents is 1. The molecule has 1 saturated heterocycles. The first-order chi connectivity index (χ1) is 8.53. The van der Waals surface area contributed by atoms with Crippen molar-refractivity contribution in [2.24, 2.45) is 0 Å². The van der Waals surface area contributed by atoms with Gasteiger partial charge in [-0.1, -0.05) is 0 Å². The van der Waals surface area contributed by atoms with Gasteiger partial charge in [-0.3, -0.25) is 10.1 Å². The standard InChI is InChI=1S/C11H11NO6/c13-10(14)11(7-18-11)5-6-17-9-3-1-8(2-4-9)12(15)16/h1-4H,5-7H2,(H,13,14). The van der Waals surface area contributed by atoms with Crippen LogP contribution in [0.2, 0.25) is 0 Å². The Morgan fingerprint density at radius 2 is 2.11 bits per heavy atom. The average molecular weight is 253 g/mol. The first kappa shape index (κ1) is 12.3. The Morgan fingerprint density at radius 3 is 2.56 bits per heavy atom. The van der Waals surface area contributed by atoms with Crippen LogP contribution in [-0.2, 0) is 9.53 Å². The first-order valence-electron chi connectivity index (χ1n) is 5.28. The number of epoxide rings is 1. The van der Waals surface area contributed by atoms with E-state index in [1.54, 1.807) is 0 Å². The molecule has 1 heterocycles. The van der Waals surface area contributed by atoms with E-state index >= 15 is 0 Å². The molecule has 0 amide bonds. The number of carbonyl (C=O) groups is 1. The summed E-state index contributed by atoms with van der Waals surface area (Å²) in [6.07, 6.45) is 0.249. The molecule has 7 heteroatoms. The minimum absolute atomic E-state index is 0.0186. The second-order valence-corrected chi connectivity index (χ2v) is 3.94. The van der Waals surface area contributed by atoms with E-state index in [4.69, 9.17) is 14.6 Å². The quantitative estimate of drug-likeness (QED) is 0.464. The lowest BCUT2D eigenvalue weighted by Crippen LogP contribution is -2.26. The van der Waals surface area contributed by atoms with Crippen LogP contribution in [0.1, 0.15) is 6.42 Å². The zero-order chi connectivity index (χ0) is 13.2. The Bertz CT molecular complexity index is 465. The maximum Gasteiger partial charge on any atom is 0.338 e. The third kappa shape index (κ3) is 2.57. The molecule has 0 spiro atoms. The zero-order valence-electron chi connectivity index (χ0n) is 9.37. The number of aliphatic carboxylic acids is 1. The van der Waals surface area contributed by atoms with Crippen molar-refractivity contribution >= 4 is 11.7 Å². The van der Waals surface area contributed by atoms with Crippen molar-refractivity contribution in [2.75, 3.05) is 13.2 Å². The zero-order valence-corrected chi connectivity index (χ0v) is 9.37. The highest BCUT2D eigenvalue weighted by atomic mass is 16.6. The van der Waals surface area contributed by atoms with Crippen molar-refractivity contribution < 1.29 is 24.3 Å². The van der Waals surface area contributed by atoms with Gasteiger partial charge in [-0.2, -0.15) is 0 Å². The Hall–Kier alpha value is -2.15. The fraction of sp³-hybridized carbons (Fsp3) is 0.364. The lowest BCUT2D eigenvalue weighted by Gasteiger charge is -2.08. The molecule has 0 bridgehead atoms. The fourth-order valence-electron chi connectivity index (χ4n) is 1.46. The van der Waals surface area contributed by atoms with Crippen molar-refractivity contribution in [2.45, 2.75) is 12.0 Å². The molecule has 1 N–H and O–H groups in total. The first-order valence-corrected chi connectivity index (χ1v) is 5.28. The van der Waals surface area contributed by atoms with Crippen LogP contribution in [-0.4, -0.2) is 34.8 Å². The summed E-state index contributed by atoms with van der Waals surface area (Å²) in [5.74, 6) is -0.531. The highest BCUT2D eigenvalue weighted by Gasteiger charge is 2.52. The predicted octanol–water partition coefficient (Wildman–Crippen LogP) is 1.22. The van der Waals surface area contributed by atoms with E-state index in [2.05, 4.69) is 0 Å². The molecule has 0 aromatic heterocycles. The van der Waals surface area contributed by atoms with Crippen molar-refractivity contribution in [3.8, 4) is 5.75 Å². The van der Waals surface area contributed by atoms with Crippen molar-refractivity contribution in [3.05, 3.63) is 34.4 Å². The van der Waals surface area contributed by atoms with Gasteiger partial charge in [0.15, 0.2) is 5.60 Å². The van der Waals surface area contributed by atoms with Crippen LogP contribution in [0.3, 0.4) is 0 Å². The maximum atomic E-state index is 10.8. The van der Waals surface area contributed by atoms with Crippen LogP contribution < -0.4 is 4.74 Å². The van der Waals surface area contributed by atoms with Crippen LogP contribution >= 0.6 is 0 Å². The van der Waals surface area contributed by atoms with Gasteiger partial charge in [-0.25, -0.2) is 4.79 Å². The highest BCUT2D eigenvalue weighted by Crippen LogP contribution is 2.31. The summed E-state index contributed by atoms with van der Waals surface area (Å²) in [6, 6.07) is 5.60. The van der Waals surface area contributed by atoms with Gasteiger partial charge in [0.25, 0.3) is 5.69 Å². The summed E-state index contributed by atoms with van der Waals surface area (Å²) in [7, 11) is 0. The smallest absolute Gasteiger partial charge is 0.338 e. The lowest BCUT2D eigenvalue weighted by molar-refractivity contribution is -0.384. The summed E-state index contributed by atoms with van der Waals surface area (Å²) >= 11 is 0. The van der Waals surface area contributed by atoms with E-state index in [0.29, 0.717) is 5.75 Å². The SMILES string of the molecule is O=C(O)C1(CCOc2ccc([N+](=O)[O-])cc2)CO1. The maximum absolute atomic E-state index is 10.8. The summed E-state index contributed by atoms with van der Waals surface area (Å²) in [6.45, 7) is 0.385. The minimum atomic E-state index is -1.10. The van der Waals surface area contributed by atoms with Crippen molar-refractivity contribution in [1.82, 2.24) is 0 Å². The number of carboxylic acid groups (broad SMARTS) is 1. The number of carboxylic acids is 1. The molecule has 7 nitrogen and oxygen atoms in total. The summed E-state index contributed by atoms with van der Waals surface area (Å²) < 4.78 is 10.2. The largest absolute Gasteiger partial charge is 0.493 e. The fourth-order valence-corrected chi connectivity index (χ4v) is 1.46. The molecule has 2 rings (SSSR count). The Labute approximate surface area is 102 Å². The number of nitro groups is 1. The third-order valence-corrected chi connectivity index (χ3v) is 2.70. The van der Waals surface area contributed by atoms with Gasteiger partial charge in [-0.05, 0) is 12.1 Å². The lowest BCUT2D eigenvalue weighted by atomic mass is 10.1. The second-order valence-electron chi connectivity index (χ2n) is 3.94. The predicted molar refractivity (Wildman–Crippen MR) is 59.5 cm³/mol. The molecule has 1 unspecified atom stereocenters. The van der Waals surface area contributed by atoms with Gasteiger partial charge in [0.05, 0.1) is 18.1 Å². The van der Waals surface area contributed by atoms with Gasteiger partial charge in [-0.15, -0.1) is 0 Å². The average Bonchev–Trinajstić information content (AvgIpc) is 3.11. The van der Waals surface area contributed by atoms with Gasteiger partial charge in [0.2, 0.25) is 0 Å². The number of benzene rings is 1. The molecule has 18 heavy (non-hydrogen) atoms. The van der Waals surface area contributed by atoms with Gasteiger partial charge in [0.1, 0.15) is 5.75 Å². The molecule has 1 aromatic rings. The minimum Gasteiger partial charge on any atom is -0.493 e. The van der Waals surface area contributed by atoms with Crippen LogP contribution in [0.15, 0.2) is 24.3 Å². The summed E-state index contributed by atoms with van der Waals surface area (Å²) in [5, 5.41) is 19.3. The number of hydrogen-bond acceptors (Lipinski definition) is 5. The molecule has 1 aliphatic rings. The Balaban J connectivity index is 1.84. The molecule has 1 fully saturated rings. The normalized spacial score (nSPS) is 21.3. The number of non-ortho nitro benzene ring substituents is 1. The van der Waals surface area contributed by atoms with E-state index in [1.807, 2.05) is 0 Å². The molecule has 1 aromatic carbocycles. The monoisotopic (exact) mass is 253 g/mol. The number of hydrogen-bond donors (Lipinski definition) is 1. The summed E-state index contributed by atoms with van der Waals surface area (Å²) in [5.41, 5.74) is -1.12. The van der Waals surface area contributed by atoms with E-state index < -0.39 is 16.5 Å². The van der Waals surface area contributed by atoms with Gasteiger partial charge >= 0.3 is 5.97 Å². The Kier molecular flexibility index (Phi) is 3.15. The van der Waals surface area contributed by atoms with E-state index in [1.165, 1.54) is 24.3 Å². The van der Waals surface area contributed by atoms with Crippen LogP contribution in [0.5, 0.6) is 5.75 Å². The third-order valence-electron chi connectivity index (χ3n) is 2.70. The van der Waals surface area contributed by atoms with Crippen molar-refractivity contribution in [3.63, 3.8) is 0 Å².